The molecular formula is C41H46ClF3N10O6. The highest BCUT2D eigenvalue weighted by Crippen LogP contribution is 2.39. The standard InChI is InChI=1S/C41H46ClF3N10O6/c1-22-41(44,45)21-61-35-34(47-22)26-17-30(28(43)18-31(26)52(2)39(35)59)48-36-27(42)19-46-40(51-36)55-10-8-23(9-11-55)20-53-12-14-54(15-13-53)24-4-5-25(32(16-24)60-3)37(57)49-29-6-7-33(56)50-38(29)58/h4-5,16-19,22-23,29,47H,6-15,20-21H2,1-3H3,(H,49,57)(H,46,48,51)(H,50,56,58)/t22-,29?/m0/s1. The average Bonchev–Trinajstić information content (AvgIpc) is 3.36. The molecule has 61 heavy (non-hydrogen) atoms. The molecule has 6 heterocycles. The van der Waals surface area contributed by atoms with Crippen molar-refractivity contribution in [3.05, 3.63) is 63.3 Å². The third-order valence-electron chi connectivity index (χ3n) is 12.0. The molecule has 1 unspecified atom stereocenters. The first-order chi connectivity index (χ1) is 29.2. The van der Waals surface area contributed by atoms with E-state index in [4.69, 9.17) is 21.1 Å². The van der Waals surface area contributed by atoms with Gasteiger partial charge in [0, 0.05) is 82.5 Å². The van der Waals surface area contributed by atoms with E-state index in [0.29, 0.717) is 41.7 Å². The third-order valence-corrected chi connectivity index (χ3v) is 12.2. The van der Waals surface area contributed by atoms with Crippen LogP contribution in [0.25, 0.3) is 10.9 Å². The number of carbonyl (C=O) groups excluding carboxylic acids is 3. The predicted octanol–water partition coefficient (Wildman–Crippen LogP) is 4.27. The van der Waals surface area contributed by atoms with E-state index >= 15 is 4.39 Å². The molecule has 0 saturated carbocycles. The highest BCUT2D eigenvalue weighted by atomic mass is 35.5. The van der Waals surface area contributed by atoms with E-state index in [1.807, 2.05) is 12.1 Å². The summed E-state index contributed by atoms with van der Waals surface area (Å²) in [6.07, 6.45) is 3.67. The lowest BCUT2D eigenvalue weighted by atomic mass is 9.96. The molecule has 0 aliphatic carbocycles. The van der Waals surface area contributed by atoms with Gasteiger partial charge in [-0.1, -0.05) is 11.6 Å². The van der Waals surface area contributed by atoms with Crippen molar-refractivity contribution in [2.24, 2.45) is 13.0 Å². The van der Waals surface area contributed by atoms with E-state index in [0.717, 1.165) is 61.9 Å². The van der Waals surface area contributed by atoms with Crippen LogP contribution in [0.2, 0.25) is 5.02 Å². The van der Waals surface area contributed by atoms with Crippen LogP contribution in [0.1, 0.15) is 43.0 Å². The fourth-order valence-corrected chi connectivity index (χ4v) is 8.38. The van der Waals surface area contributed by atoms with Gasteiger partial charge in [-0.05, 0) is 50.3 Å². The molecule has 4 aliphatic heterocycles. The number of carbonyl (C=O) groups is 3. The number of hydrogen-bond acceptors (Lipinski definition) is 13. The maximum Gasteiger partial charge on any atom is 0.300 e. The Labute approximate surface area is 353 Å². The van der Waals surface area contributed by atoms with Crippen LogP contribution in [0, 0.1) is 11.7 Å². The third kappa shape index (κ3) is 8.57. The Bertz CT molecular complexity index is 2440. The summed E-state index contributed by atoms with van der Waals surface area (Å²) >= 11 is 6.50. The van der Waals surface area contributed by atoms with Crippen LogP contribution in [-0.2, 0) is 16.6 Å². The molecule has 0 radical (unpaired) electrons. The number of anilines is 5. The molecule has 0 spiro atoms. The zero-order valence-corrected chi connectivity index (χ0v) is 34.6. The number of imide groups is 1. The molecule has 324 valence electrons. The summed E-state index contributed by atoms with van der Waals surface area (Å²) in [5, 5.41) is 11.1. The number of piperidine rings is 2. The van der Waals surface area contributed by atoms with Gasteiger partial charge in [-0.2, -0.15) is 4.98 Å². The van der Waals surface area contributed by atoms with Crippen molar-refractivity contribution < 1.29 is 37.0 Å². The molecule has 2 aromatic carbocycles. The number of ether oxygens (including phenoxy) is 2. The predicted molar refractivity (Wildman–Crippen MR) is 223 cm³/mol. The fourth-order valence-electron chi connectivity index (χ4n) is 8.25. The van der Waals surface area contributed by atoms with Crippen LogP contribution in [0.15, 0.2) is 41.3 Å². The number of methoxy groups -OCH3 is 1. The van der Waals surface area contributed by atoms with E-state index in [2.05, 4.69) is 45.9 Å². The number of aromatic nitrogens is 3. The maximum atomic E-state index is 15.6. The average molecular weight is 867 g/mol. The molecule has 4 aromatic rings. The van der Waals surface area contributed by atoms with Crippen molar-refractivity contribution in [2.45, 2.75) is 50.6 Å². The summed E-state index contributed by atoms with van der Waals surface area (Å²) < 4.78 is 56.8. The van der Waals surface area contributed by atoms with Crippen LogP contribution < -0.4 is 46.1 Å². The van der Waals surface area contributed by atoms with Crippen molar-refractivity contribution >= 4 is 69.1 Å². The Kier molecular flexibility index (Phi) is 11.6. The Morgan fingerprint density at radius 2 is 1.80 bits per heavy atom. The van der Waals surface area contributed by atoms with Gasteiger partial charge in [0.25, 0.3) is 11.5 Å². The van der Waals surface area contributed by atoms with Gasteiger partial charge in [-0.25, -0.2) is 18.2 Å². The Morgan fingerprint density at radius 3 is 2.52 bits per heavy atom. The largest absolute Gasteiger partial charge is 0.496 e. The molecule has 2 aromatic heterocycles. The number of hydrogen-bond donors (Lipinski definition) is 4. The van der Waals surface area contributed by atoms with Crippen LogP contribution in [0.3, 0.4) is 0 Å². The van der Waals surface area contributed by atoms with Crippen molar-refractivity contribution in [1.82, 2.24) is 30.1 Å². The van der Waals surface area contributed by atoms with E-state index in [1.54, 1.807) is 6.07 Å². The molecule has 2 atom stereocenters. The van der Waals surface area contributed by atoms with Crippen molar-refractivity contribution in [2.75, 3.05) is 80.0 Å². The number of piperazine rings is 1. The first kappa shape index (κ1) is 41.9. The second-order valence-corrected chi connectivity index (χ2v) is 16.3. The summed E-state index contributed by atoms with van der Waals surface area (Å²) in [7, 11) is 2.92. The number of nitrogens with zero attached hydrogens (tertiary/aromatic N) is 6. The van der Waals surface area contributed by atoms with Gasteiger partial charge in [0.05, 0.1) is 41.8 Å². The minimum Gasteiger partial charge on any atom is -0.496 e. The van der Waals surface area contributed by atoms with Crippen LogP contribution in [0.4, 0.5) is 42.0 Å². The summed E-state index contributed by atoms with van der Waals surface area (Å²) in [5.41, 5.74) is 0.765. The fraction of sp³-hybridized carbons (Fsp3) is 0.463. The van der Waals surface area contributed by atoms with E-state index in [1.165, 1.54) is 33.3 Å². The SMILES string of the molecule is COc1cc(N2CCN(CC3CCN(c4ncc(Cl)c(Nc5cc6c7c(c(=O)n(C)c6cc5F)OCC(F)(F)[C@H](C)N7)n4)CC3)CC2)ccc1C(=O)NC1CCC(=O)NC1=O. The molecule has 4 aliphatic rings. The second-order valence-electron chi connectivity index (χ2n) is 15.9. The summed E-state index contributed by atoms with van der Waals surface area (Å²) in [5.74, 6) is -4.12. The minimum atomic E-state index is -3.26. The van der Waals surface area contributed by atoms with Crippen molar-refractivity contribution in [1.29, 1.82) is 0 Å². The number of aryl methyl sites for hydroxylation is 1. The number of nitrogens with one attached hydrogen (secondary N) is 4. The van der Waals surface area contributed by atoms with Crippen LogP contribution >= 0.6 is 11.6 Å². The molecule has 16 nitrogen and oxygen atoms in total. The lowest BCUT2D eigenvalue weighted by Crippen LogP contribution is -2.52. The molecule has 3 fully saturated rings. The first-order valence-corrected chi connectivity index (χ1v) is 20.5. The summed E-state index contributed by atoms with van der Waals surface area (Å²) in [4.78, 5) is 65.6. The van der Waals surface area contributed by atoms with E-state index in [-0.39, 0.29) is 52.2 Å². The smallest absolute Gasteiger partial charge is 0.300 e. The number of alkyl halides is 2. The summed E-state index contributed by atoms with van der Waals surface area (Å²) in [6.45, 7) is 5.94. The van der Waals surface area contributed by atoms with Gasteiger partial charge in [-0.15, -0.1) is 0 Å². The highest BCUT2D eigenvalue weighted by Gasteiger charge is 2.42. The molecule has 0 bridgehead atoms. The lowest BCUT2D eigenvalue weighted by molar-refractivity contribution is -0.134. The van der Waals surface area contributed by atoms with E-state index < -0.39 is 47.8 Å². The van der Waals surface area contributed by atoms with Crippen molar-refractivity contribution in [3.8, 4) is 11.5 Å². The maximum absolute atomic E-state index is 15.6. The van der Waals surface area contributed by atoms with Crippen LogP contribution in [-0.4, -0.2) is 115 Å². The number of halogens is 4. The zero-order chi connectivity index (χ0) is 43.2. The number of pyridine rings is 1. The van der Waals surface area contributed by atoms with Gasteiger partial charge in [0.2, 0.25) is 23.5 Å². The second kappa shape index (κ2) is 16.9. The summed E-state index contributed by atoms with van der Waals surface area (Å²) in [6, 6.07) is 5.83. The highest BCUT2D eigenvalue weighted by molar-refractivity contribution is 6.33. The Morgan fingerprint density at radius 1 is 1.05 bits per heavy atom. The molecule has 4 N–H and O–H groups in total. The topological polar surface area (TPSA) is 175 Å². The molecule has 3 amide bonds. The Hall–Kier alpha value is -5.82. The number of fused-ring (bicyclic) bond motifs is 3. The first-order valence-electron chi connectivity index (χ1n) is 20.2. The lowest BCUT2D eigenvalue weighted by Gasteiger charge is -2.39. The number of benzene rings is 2. The van der Waals surface area contributed by atoms with E-state index in [9.17, 15) is 28.0 Å². The van der Waals surface area contributed by atoms with Gasteiger partial charge < -0.3 is 39.8 Å². The minimum absolute atomic E-state index is 0.0326. The van der Waals surface area contributed by atoms with Gasteiger partial charge in [0.1, 0.15) is 22.6 Å². The van der Waals surface area contributed by atoms with Gasteiger partial charge >= 0.3 is 5.92 Å². The monoisotopic (exact) mass is 866 g/mol. The number of amides is 3. The molecule has 3 saturated heterocycles. The molecular weight excluding hydrogens is 821 g/mol. The zero-order valence-electron chi connectivity index (χ0n) is 33.8. The molecule has 20 heteroatoms. The van der Waals surface area contributed by atoms with Gasteiger partial charge in [-0.3, -0.25) is 29.4 Å². The van der Waals surface area contributed by atoms with Gasteiger partial charge in [0.15, 0.2) is 12.4 Å². The molecule has 8 rings (SSSR count). The normalized spacial score (nSPS) is 20.9. The van der Waals surface area contributed by atoms with Crippen LogP contribution in [0.5, 0.6) is 11.5 Å². The number of rotatable bonds is 9. The van der Waals surface area contributed by atoms with Crippen molar-refractivity contribution in [3.63, 3.8) is 0 Å². The Balaban J connectivity index is 0.866. The quantitative estimate of drug-likeness (QED) is 0.176.